The lowest BCUT2D eigenvalue weighted by Gasteiger charge is -2.16. The van der Waals surface area contributed by atoms with E-state index < -0.39 is 0 Å². The summed E-state index contributed by atoms with van der Waals surface area (Å²) in [6.45, 7) is 8.17. The summed E-state index contributed by atoms with van der Waals surface area (Å²) >= 11 is 0. The predicted molar refractivity (Wildman–Crippen MR) is 114 cm³/mol. The van der Waals surface area contributed by atoms with Crippen LogP contribution in [0.15, 0.2) is 54.6 Å². The Labute approximate surface area is 166 Å². The highest BCUT2D eigenvalue weighted by Crippen LogP contribution is 2.27. The second-order valence-electron chi connectivity index (χ2n) is 7.03. The van der Waals surface area contributed by atoms with Crippen molar-refractivity contribution >= 4 is 23.2 Å². The maximum atomic E-state index is 12.8. The molecule has 0 aliphatic heterocycles. The van der Waals surface area contributed by atoms with Crippen molar-refractivity contribution in [3.8, 4) is 0 Å². The van der Waals surface area contributed by atoms with Crippen LogP contribution in [0, 0.1) is 13.8 Å². The molecule has 1 unspecified atom stereocenters. The van der Waals surface area contributed by atoms with Crippen LogP contribution < -0.4 is 10.6 Å². The van der Waals surface area contributed by atoms with E-state index >= 15 is 0 Å². The van der Waals surface area contributed by atoms with Gasteiger partial charge in [-0.2, -0.15) is 0 Å². The Morgan fingerprint density at radius 2 is 1.71 bits per heavy atom. The fraction of sp³-hybridized carbons (Fsp3) is 0.261. The zero-order valence-electron chi connectivity index (χ0n) is 16.8. The monoisotopic (exact) mass is 374 g/mol. The molecule has 0 saturated heterocycles. The van der Waals surface area contributed by atoms with Gasteiger partial charge in [0.1, 0.15) is 0 Å². The summed E-state index contributed by atoms with van der Waals surface area (Å²) in [6, 6.07) is 17.2. The number of nitrogens with one attached hydrogen (secondary N) is 2. The van der Waals surface area contributed by atoms with Gasteiger partial charge in [0.15, 0.2) is 0 Å². The Balaban J connectivity index is 1.79. The smallest absolute Gasteiger partial charge is 0.255 e. The van der Waals surface area contributed by atoms with Crippen LogP contribution in [-0.4, -0.2) is 15.9 Å². The lowest BCUT2D eigenvalue weighted by atomic mass is 9.97. The van der Waals surface area contributed by atoms with Gasteiger partial charge in [0.25, 0.3) is 5.91 Å². The van der Waals surface area contributed by atoms with Gasteiger partial charge in [-0.05, 0) is 62.1 Å². The van der Waals surface area contributed by atoms with Gasteiger partial charge in [0.05, 0.1) is 0 Å². The third-order valence-corrected chi connectivity index (χ3v) is 4.72. The second kappa shape index (κ2) is 8.65. The van der Waals surface area contributed by atoms with Crippen LogP contribution in [-0.2, 0) is 0 Å². The van der Waals surface area contributed by atoms with Crippen LogP contribution >= 0.6 is 0 Å². The Bertz CT molecular complexity index is 964. The molecule has 2 aromatic carbocycles. The number of carbonyl (C=O) groups excluding carboxylic acids is 1. The van der Waals surface area contributed by atoms with Crippen molar-refractivity contribution in [3.05, 3.63) is 77.1 Å². The Morgan fingerprint density at radius 1 is 1.00 bits per heavy atom. The average Bonchev–Trinajstić information content (AvgIpc) is 2.67. The van der Waals surface area contributed by atoms with Crippen LogP contribution in [0.25, 0.3) is 0 Å². The van der Waals surface area contributed by atoms with Crippen molar-refractivity contribution in [2.75, 3.05) is 10.6 Å². The lowest BCUT2D eigenvalue weighted by Crippen LogP contribution is -2.14. The maximum absolute atomic E-state index is 12.8. The molecule has 0 aliphatic rings. The molecule has 0 aliphatic carbocycles. The van der Waals surface area contributed by atoms with E-state index in [4.69, 9.17) is 0 Å². The molecule has 144 valence electrons. The molecule has 3 rings (SSSR count). The molecule has 1 atom stereocenters. The fourth-order valence-electron chi connectivity index (χ4n) is 3.10. The van der Waals surface area contributed by atoms with Crippen LogP contribution in [0.2, 0.25) is 0 Å². The number of amides is 1. The Morgan fingerprint density at radius 3 is 2.43 bits per heavy atom. The first-order valence-electron chi connectivity index (χ1n) is 9.56. The molecule has 1 heterocycles. The van der Waals surface area contributed by atoms with Crippen LogP contribution in [0.4, 0.5) is 17.3 Å². The van der Waals surface area contributed by atoms with Crippen molar-refractivity contribution in [2.45, 2.75) is 40.0 Å². The van der Waals surface area contributed by atoms with Gasteiger partial charge in [-0.3, -0.25) is 4.79 Å². The quantitative estimate of drug-likeness (QED) is 0.589. The minimum Gasteiger partial charge on any atom is -0.324 e. The first kappa shape index (κ1) is 19.5. The van der Waals surface area contributed by atoms with Gasteiger partial charge in [0.2, 0.25) is 5.95 Å². The predicted octanol–water partition coefficient (Wildman–Crippen LogP) is 5.60. The summed E-state index contributed by atoms with van der Waals surface area (Å²) in [6.07, 6.45) is 1.02. The highest BCUT2D eigenvalue weighted by Gasteiger charge is 2.13. The number of hydrogen-bond donors (Lipinski definition) is 2. The van der Waals surface area contributed by atoms with E-state index in [0.717, 1.165) is 34.7 Å². The van der Waals surface area contributed by atoms with Gasteiger partial charge < -0.3 is 10.6 Å². The molecule has 0 fully saturated rings. The van der Waals surface area contributed by atoms with Crippen molar-refractivity contribution < 1.29 is 4.79 Å². The topological polar surface area (TPSA) is 66.9 Å². The van der Waals surface area contributed by atoms with E-state index in [0.29, 0.717) is 17.4 Å². The molecule has 0 bridgehead atoms. The normalized spacial score (nSPS) is 11.7. The molecule has 0 spiro atoms. The third-order valence-electron chi connectivity index (χ3n) is 4.72. The summed E-state index contributed by atoms with van der Waals surface area (Å²) in [4.78, 5) is 21.6. The van der Waals surface area contributed by atoms with E-state index in [-0.39, 0.29) is 5.91 Å². The molecule has 1 aromatic heterocycles. The Hall–Kier alpha value is -3.21. The maximum Gasteiger partial charge on any atom is 0.255 e. The van der Waals surface area contributed by atoms with Gasteiger partial charge in [0, 0.05) is 28.3 Å². The number of para-hydroxylation sites is 1. The number of aryl methyl sites for hydroxylation is 2. The van der Waals surface area contributed by atoms with E-state index in [1.54, 1.807) is 6.07 Å². The van der Waals surface area contributed by atoms with Crippen LogP contribution in [0.1, 0.15) is 53.5 Å². The number of hydrogen-bond acceptors (Lipinski definition) is 4. The molecule has 5 heteroatoms. The zero-order valence-corrected chi connectivity index (χ0v) is 16.8. The number of benzene rings is 2. The van der Waals surface area contributed by atoms with E-state index in [9.17, 15) is 4.79 Å². The summed E-state index contributed by atoms with van der Waals surface area (Å²) in [5.74, 6) is 0.768. The second-order valence-corrected chi connectivity index (χ2v) is 7.03. The third kappa shape index (κ3) is 4.74. The highest BCUT2D eigenvalue weighted by molar-refractivity contribution is 6.05. The van der Waals surface area contributed by atoms with Crippen molar-refractivity contribution in [2.24, 2.45) is 0 Å². The van der Waals surface area contributed by atoms with Crippen LogP contribution in [0.3, 0.4) is 0 Å². The summed E-state index contributed by atoms with van der Waals surface area (Å²) < 4.78 is 0. The minimum atomic E-state index is -0.138. The fourth-order valence-corrected chi connectivity index (χ4v) is 3.10. The van der Waals surface area contributed by atoms with Crippen molar-refractivity contribution in [1.29, 1.82) is 0 Å². The first-order chi connectivity index (χ1) is 13.5. The van der Waals surface area contributed by atoms with Crippen molar-refractivity contribution in [1.82, 2.24) is 9.97 Å². The number of anilines is 3. The number of rotatable bonds is 6. The molecule has 0 saturated carbocycles. The molecule has 28 heavy (non-hydrogen) atoms. The molecular weight excluding hydrogens is 348 g/mol. The van der Waals surface area contributed by atoms with Gasteiger partial charge in [-0.25, -0.2) is 9.97 Å². The SMILES string of the molecule is CCC(C)c1ccccc1NC(=O)c1cccc(Nc2nc(C)cc(C)n2)c1. The van der Waals surface area contributed by atoms with E-state index in [2.05, 4.69) is 40.5 Å². The van der Waals surface area contributed by atoms with E-state index in [1.807, 2.05) is 56.3 Å². The number of nitrogens with zero attached hydrogens (tertiary/aromatic N) is 2. The zero-order chi connectivity index (χ0) is 20.1. The van der Waals surface area contributed by atoms with E-state index in [1.165, 1.54) is 0 Å². The van der Waals surface area contributed by atoms with Gasteiger partial charge in [-0.1, -0.05) is 38.1 Å². The molecular formula is C23H26N4O. The van der Waals surface area contributed by atoms with Gasteiger partial charge in [-0.15, -0.1) is 0 Å². The Kier molecular flexibility index (Phi) is 6.04. The van der Waals surface area contributed by atoms with Crippen molar-refractivity contribution in [3.63, 3.8) is 0 Å². The number of carbonyl (C=O) groups is 1. The average molecular weight is 374 g/mol. The number of aromatic nitrogens is 2. The largest absolute Gasteiger partial charge is 0.324 e. The molecule has 5 nitrogen and oxygen atoms in total. The summed E-state index contributed by atoms with van der Waals surface area (Å²) in [7, 11) is 0. The standard InChI is InChI=1S/C23H26N4O/c1-5-15(2)20-11-6-7-12-21(20)27-22(28)18-9-8-10-19(14-18)26-23-24-16(3)13-17(4)25-23/h6-15H,5H2,1-4H3,(H,27,28)(H,24,25,26). The van der Waals surface area contributed by atoms with Gasteiger partial charge >= 0.3 is 0 Å². The highest BCUT2D eigenvalue weighted by atomic mass is 16.1. The molecule has 1 amide bonds. The summed E-state index contributed by atoms with van der Waals surface area (Å²) in [5, 5.41) is 6.23. The molecule has 0 radical (unpaired) electrons. The molecule has 3 aromatic rings. The first-order valence-corrected chi connectivity index (χ1v) is 9.56. The minimum absolute atomic E-state index is 0.138. The van der Waals surface area contributed by atoms with Crippen LogP contribution in [0.5, 0.6) is 0 Å². The summed E-state index contributed by atoms with van der Waals surface area (Å²) in [5.41, 5.74) is 5.14. The lowest BCUT2D eigenvalue weighted by molar-refractivity contribution is 0.102. The molecule has 2 N–H and O–H groups in total.